The number of amides is 1. The van der Waals surface area contributed by atoms with Crippen molar-refractivity contribution in [2.24, 2.45) is 0 Å². The van der Waals surface area contributed by atoms with Crippen LogP contribution < -0.4 is 11.1 Å². The SMILES string of the molecule is CCCNC(=O)c1cc(N)n2nc(-c3cccnc3)nc2c1. The van der Waals surface area contributed by atoms with Gasteiger partial charge in [0.05, 0.1) is 0 Å². The van der Waals surface area contributed by atoms with Crippen molar-refractivity contribution in [1.29, 1.82) is 0 Å². The molecule has 3 N–H and O–H groups in total. The third kappa shape index (κ3) is 2.60. The topological polar surface area (TPSA) is 98.2 Å². The number of rotatable bonds is 4. The number of pyridine rings is 2. The maximum Gasteiger partial charge on any atom is 0.251 e. The molecule has 0 aromatic carbocycles. The molecule has 3 aromatic heterocycles. The van der Waals surface area contributed by atoms with E-state index in [-0.39, 0.29) is 5.91 Å². The van der Waals surface area contributed by atoms with Crippen LogP contribution in [0.5, 0.6) is 0 Å². The number of aromatic nitrogens is 4. The molecule has 1 amide bonds. The molecule has 0 saturated carbocycles. The minimum Gasteiger partial charge on any atom is -0.384 e. The van der Waals surface area contributed by atoms with Gasteiger partial charge in [0.25, 0.3) is 5.91 Å². The zero-order chi connectivity index (χ0) is 15.5. The summed E-state index contributed by atoms with van der Waals surface area (Å²) >= 11 is 0. The van der Waals surface area contributed by atoms with Crippen LogP contribution >= 0.6 is 0 Å². The van der Waals surface area contributed by atoms with Gasteiger partial charge < -0.3 is 11.1 Å². The number of nitrogens with two attached hydrogens (primary N) is 1. The lowest BCUT2D eigenvalue weighted by Gasteiger charge is -2.05. The summed E-state index contributed by atoms with van der Waals surface area (Å²) in [4.78, 5) is 20.5. The molecule has 0 unspecified atom stereocenters. The zero-order valence-corrected chi connectivity index (χ0v) is 12.2. The van der Waals surface area contributed by atoms with Crippen LogP contribution in [0.3, 0.4) is 0 Å². The Morgan fingerprint density at radius 1 is 1.41 bits per heavy atom. The second kappa shape index (κ2) is 5.80. The third-order valence-corrected chi connectivity index (χ3v) is 3.18. The largest absolute Gasteiger partial charge is 0.384 e. The highest BCUT2D eigenvalue weighted by atomic mass is 16.1. The van der Waals surface area contributed by atoms with Gasteiger partial charge in [0.1, 0.15) is 5.82 Å². The normalized spacial score (nSPS) is 10.8. The average Bonchev–Trinajstić information content (AvgIpc) is 2.98. The van der Waals surface area contributed by atoms with Gasteiger partial charge in [0, 0.05) is 30.1 Å². The standard InChI is InChI=1S/C15H16N6O/c1-2-5-18-15(22)11-7-12(16)21-13(8-11)19-14(20-21)10-4-3-6-17-9-10/h3-4,6-9H,2,5,16H2,1H3,(H,18,22). The first-order valence-electron chi connectivity index (χ1n) is 7.04. The number of fused-ring (bicyclic) bond motifs is 1. The van der Waals surface area contributed by atoms with Crippen molar-refractivity contribution < 1.29 is 4.79 Å². The van der Waals surface area contributed by atoms with Crippen molar-refractivity contribution in [3.8, 4) is 11.4 Å². The van der Waals surface area contributed by atoms with Crippen LogP contribution in [0.4, 0.5) is 5.82 Å². The number of hydrogen-bond donors (Lipinski definition) is 2. The Bertz CT molecular complexity index is 812. The highest BCUT2D eigenvalue weighted by Crippen LogP contribution is 2.18. The summed E-state index contributed by atoms with van der Waals surface area (Å²) in [6.45, 7) is 2.62. The van der Waals surface area contributed by atoms with Crippen LogP contribution in [-0.2, 0) is 0 Å². The van der Waals surface area contributed by atoms with Gasteiger partial charge in [0.2, 0.25) is 0 Å². The number of carbonyl (C=O) groups is 1. The number of hydrogen-bond acceptors (Lipinski definition) is 5. The summed E-state index contributed by atoms with van der Waals surface area (Å²) in [5.41, 5.74) is 7.78. The number of nitrogens with one attached hydrogen (secondary N) is 1. The van der Waals surface area contributed by atoms with E-state index >= 15 is 0 Å². The summed E-state index contributed by atoms with van der Waals surface area (Å²) in [5.74, 6) is 0.717. The minimum atomic E-state index is -0.165. The summed E-state index contributed by atoms with van der Waals surface area (Å²) in [7, 11) is 0. The van der Waals surface area contributed by atoms with E-state index < -0.39 is 0 Å². The van der Waals surface area contributed by atoms with Gasteiger partial charge in [-0.05, 0) is 30.7 Å². The summed E-state index contributed by atoms with van der Waals surface area (Å²) < 4.78 is 1.51. The molecule has 0 saturated heterocycles. The molecule has 112 valence electrons. The van der Waals surface area contributed by atoms with Gasteiger partial charge >= 0.3 is 0 Å². The first-order chi connectivity index (χ1) is 10.7. The first-order valence-corrected chi connectivity index (χ1v) is 7.04. The van der Waals surface area contributed by atoms with E-state index in [1.165, 1.54) is 4.52 Å². The smallest absolute Gasteiger partial charge is 0.251 e. The Morgan fingerprint density at radius 3 is 3.00 bits per heavy atom. The lowest BCUT2D eigenvalue weighted by atomic mass is 10.2. The predicted octanol–water partition coefficient (Wildman–Crippen LogP) is 1.51. The number of nitrogen functional groups attached to an aromatic ring is 1. The van der Waals surface area contributed by atoms with Crippen molar-refractivity contribution in [3.05, 3.63) is 42.2 Å². The molecular formula is C15H16N6O. The number of anilines is 1. The molecule has 7 heteroatoms. The fourth-order valence-electron chi connectivity index (χ4n) is 2.10. The number of nitrogens with zero attached hydrogens (tertiary/aromatic N) is 4. The zero-order valence-electron chi connectivity index (χ0n) is 12.2. The van der Waals surface area contributed by atoms with E-state index in [0.29, 0.717) is 29.4 Å². The van der Waals surface area contributed by atoms with E-state index in [1.54, 1.807) is 24.5 Å². The molecular weight excluding hydrogens is 280 g/mol. The fourth-order valence-corrected chi connectivity index (χ4v) is 2.10. The summed E-state index contributed by atoms with van der Waals surface area (Å²) in [6, 6.07) is 6.95. The summed E-state index contributed by atoms with van der Waals surface area (Å²) in [5, 5.41) is 7.17. The Labute approximate surface area is 127 Å². The molecule has 0 bridgehead atoms. The Kier molecular flexibility index (Phi) is 3.69. The highest BCUT2D eigenvalue weighted by molar-refractivity contribution is 5.95. The van der Waals surface area contributed by atoms with Gasteiger partial charge in [-0.25, -0.2) is 4.98 Å². The fraction of sp³-hybridized carbons (Fsp3) is 0.200. The predicted molar refractivity (Wildman–Crippen MR) is 83.3 cm³/mol. The molecule has 0 atom stereocenters. The molecule has 3 heterocycles. The molecule has 3 aromatic rings. The van der Waals surface area contributed by atoms with Gasteiger partial charge in [-0.1, -0.05) is 6.92 Å². The maximum absolute atomic E-state index is 12.0. The van der Waals surface area contributed by atoms with Crippen molar-refractivity contribution in [1.82, 2.24) is 24.9 Å². The number of carbonyl (C=O) groups excluding carboxylic acids is 1. The van der Waals surface area contributed by atoms with Crippen molar-refractivity contribution in [2.75, 3.05) is 12.3 Å². The van der Waals surface area contributed by atoms with Gasteiger partial charge in [-0.3, -0.25) is 9.78 Å². The van der Waals surface area contributed by atoms with Crippen LogP contribution in [0.25, 0.3) is 17.0 Å². The van der Waals surface area contributed by atoms with E-state index in [2.05, 4.69) is 20.4 Å². The third-order valence-electron chi connectivity index (χ3n) is 3.18. The van der Waals surface area contributed by atoms with Crippen molar-refractivity contribution in [2.45, 2.75) is 13.3 Å². The lowest BCUT2D eigenvalue weighted by Crippen LogP contribution is -2.24. The van der Waals surface area contributed by atoms with E-state index in [1.807, 2.05) is 19.1 Å². The monoisotopic (exact) mass is 296 g/mol. The molecule has 0 aliphatic heterocycles. The first kappa shape index (κ1) is 14.0. The minimum absolute atomic E-state index is 0.165. The van der Waals surface area contributed by atoms with Crippen LogP contribution in [0.1, 0.15) is 23.7 Å². The molecule has 7 nitrogen and oxygen atoms in total. The van der Waals surface area contributed by atoms with Gasteiger partial charge in [0.15, 0.2) is 11.5 Å². The van der Waals surface area contributed by atoms with Gasteiger partial charge in [-0.15, -0.1) is 5.10 Å². The lowest BCUT2D eigenvalue weighted by molar-refractivity contribution is 0.0953. The molecule has 0 aliphatic rings. The maximum atomic E-state index is 12.0. The highest BCUT2D eigenvalue weighted by Gasteiger charge is 2.13. The molecule has 0 aliphatic carbocycles. The van der Waals surface area contributed by atoms with E-state index in [9.17, 15) is 4.79 Å². The van der Waals surface area contributed by atoms with Crippen LogP contribution in [0, 0.1) is 0 Å². The van der Waals surface area contributed by atoms with E-state index in [0.717, 1.165) is 12.0 Å². The Hall–Kier alpha value is -2.96. The Morgan fingerprint density at radius 2 is 2.27 bits per heavy atom. The van der Waals surface area contributed by atoms with Crippen molar-refractivity contribution >= 4 is 17.4 Å². The second-order valence-corrected chi connectivity index (χ2v) is 4.87. The molecule has 22 heavy (non-hydrogen) atoms. The quantitative estimate of drug-likeness (QED) is 0.760. The van der Waals surface area contributed by atoms with Crippen LogP contribution in [-0.4, -0.2) is 32.0 Å². The van der Waals surface area contributed by atoms with Crippen molar-refractivity contribution in [3.63, 3.8) is 0 Å². The molecule has 0 fully saturated rings. The van der Waals surface area contributed by atoms with Crippen LogP contribution in [0.2, 0.25) is 0 Å². The second-order valence-electron chi connectivity index (χ2n) is 4.87. The van der Waals surface area contributed by atoms with E-state index in [4.69, 9.17) is 5.73 Å². The average molecular weight is 296 g/mol. The van der Waals surface area contributed by atoms with Gasteiger partial charge in [-0.2, -0.15) is 4.52 Å². The Balaban J connectivity index is 2.02. The molecule has 0 radical (unpaired) electrons. The molecule has 0 spiro atoms. The summed E-state index contributed by atoms with van der Waals surface area (Å²) in [6.07, 6.45) is 4.24. The molecule has 3 rings (SSSR count). The van der Waals surface area contributed by atoms with Crippen LogP contribution in [0.15, 0.2) is 36.7 Å².